The van der Waals surface area contributed by atoms with Crippen molar-refractivity contribution in [1.29, 1.82) is 0 Å². The Morgan fingerprint density at radius 3 is 2.38 bits per heavy atom. The summed E-state index contributed by atoms with van der Waals surface area (Å²) in [4.78, 5) is 28.8. The fourth-order valence-electron chi connectivity index (χ4n) is 3.58. The van der Waals surface area contributed by atoms with Gasteiger partial charge in [-0.3, -0.25) is 4.72 Å². The Balaban J connectivity index is 1.82. The van der Waals surface area contributed by atoms with Crippen molar-refractivity contribution in [3.05, 3.63) is 66.5 Å². The molecule has 0 amide bonds. The van der Waals surface area contributed by atoms with Gasteiger partial charge in [-0.05, 0) is 42.7 Å². The van der Waals surface area contributed by atoms with Crippen molar-refractivity contribution in [2.45, 2.75) is 31.7 Å². The van der Waals surface area contributed by atoms with Crippen LogP contribution in [0.3, 0.4) is 0 Å². The van der Waals surface area contributed by atoms with Crippen LogP contribution < -0.4 is 23.7 Å². The number of methoxy groups -OCH3 is 2. The summed E-state index contributed by atoms with van der Waals surface area (Å²) in [5.74, 6) is 0.232. The first kappa shape index (κ1) is 30.0. The maximum Gasteiger partial charge on any atom is 0.515 e. The zero-order valence-corrected chi connectivity index (χ0v) is 24.3. The molecule has 0 atom stereocenters. The number of pyridine rings is 2. The molecule has 3 heterocycles. The Kier molecular flexibility index (Phi) is 9.37. The molecular formula is C28H29N5O8S. The molecular weight excluding hydrogens is 566 g/mol. The molecule has 14 heteroatoms. The van der Waals surface area contributed by atoms with Gasteiger partial charge in [0.2, 0.25) is 11.6 Å². The van der Waals surface area contributed by atoms with Gasteiger partial charge in [-0.25, -0.2) is 19.7 Å². The lowest BCUT2D eigenvalue weighted by atomic mass is 10.1. The number of benzene rings is 1. The van der Waals surface area contributed by atoms with Gasteiger partial charge in [0.15, 0.2) is 28.2 Å². The van der Waals surface area contributed by atoms with Gasteiger partial charge in [0.25, 0.3) is 15.9 Å². The second-order valence-corrected chi connectivity index (χ2v) is 10.5. The Bertz CT molecular complexity index is 1660. The van der Waals surface area contributed by atoms with Gasteiger partial charge in [-0.1, -0.05) is 32.0 Å². The van der Waals surface area contributed by atoms with Crippen LogP contribution in [0.25, 0.3) is 11.4 Å². The average molecular weight is 596 g/mol. The third kappa shape index (κ3) is 7.01. The van der Waals surface area contributed by atoms with E-state index in [2.05, 4.69) is 24.7 Å². The highest BCUT2D eigenvalue weighted by atomic mass is 32.2. The third-order valence-electron chi connectivity index (χ3n) is 5.68. The zero-order valence-electron chi connectivity index (χ0n) is 23.5. The van der Waals surface area contributed by atoms with Crippen LogP contribution in [-0.4, -0.2) is 55.3 Å². The molecule has 0 aliphatic carbocycles. The number of nitrogens with zero attached hydrogens (tertiary/aromatic N) is 4. The summed E-state index contributed by atoms with van der Waals surface area (Å²) < 4.78 is 56.2. The quantitative estimate of drug-likeness (QED) is 0.226. The van der Waals surface area contributed by atoms with E-state index in [0.29, 0.717) is 11.3 Å². The number of hydrogen-bond acceptors (Lipinski definition) is 12. The van der Waals surface area contributed by atoms with Gasteiger partial charge in [0, 0.05) is 24.0 Å². The zero-order chi connectivity index (χ0) is 30.3. The summed E-state index contributed by atoms with van der Waals surface area (Å²) in [6, 6.07) is 12.8. The van der Waals surface area contributed by atoms with Crippen LogP contribution in [0, 0.1) is 0 Å². The average Bonchev–Trinajstić information content (AvgIpc) is 2.98. The third-order valence-corrected chi connectivity index (χ3v) is 6.94. The van der Waals surface area contributed by atoms with Crippen molar-refractivity contribution in [1.82, 2.24) is 19.9 Å². The van der Waals surface area contributed by atoms with Crippen LogP contribution in [-0.2, 0) is 14.8 Å². The number of rotatable bonds is 11. The number of sulfonamides is 1. The monoisotopic (exact) mass is 595 g/mol. The van der Waals surface area contributed by atoms with E-state index in [-0.39, 0.29) is 52.5 Å². The minimum Gasteiger partial charge on any atom is -0.493 e. The number of carbonyl (C=O) groups excluding carboxylic acids is 1. The molecule has 0 aliphatic rings. The maximum absolute atomic E-state index is 13.5. The van der Waals surface area contributed by atoms with Crippen molar-refractivity contribution in [3.63, 3.8) is 0 Å². The number of nitrogens with one attached hydrogen (secondary N) is 1. The van der Waals surface area contributed by atoms with Crippen LogP contribution in [0.2, 0.25) is 0 Å². The van der Waals surface area contributed by atoms with E-state index < -0.39 is 16.2 Å². The molecule has 4 rings (SSSR count). The van der Waals surface area contributed by atoms with Gasteiger partial charge in [0.1, 0.15) is 0 Å². The lowest BCUT2D eigenvalue weighted by Crippen LogP contribution is -2.17. The van der Waals surface area contributed by atoms with Crippen molar-refractivity contribution in [2.24, 2.45) is 0 Å². The fourth-order valence-corrected chi connectivity index (χ4v) is 4.52. The molecule has 0 radical (unpaired) electrons. The Labute approximate surface area is 242 Å². The summed E-state index contributed by atoms with van der Waals surface area (Å²) in [7, 11) is -1.45. The van der Waals surface area contributed by atoms with Gasteiger partial charge in [-0.15, -0.1) is 0 Å². The summed E-state index contributed by atoms with van der Waals surface area (Å²) in [6.45, 7) is 5.70. The number of hydrogen-bond donors (Lipinski definition) is 1. The van der Waals surface area contributed by atoms with Crippen LogP contribution in [0.5, 0.6) is 29.0 Å². The van der Waals surface area contributed by atoms with Crippen LogP contribution in [0.15, 0.2) is 66.0 Å². The molecule has 0 saturated carbocycles. The first-order chi connectivity index (χ1) is 20.1. The largest absolute Gasteiger partial charge is 0.515 e. The van der Waals surface area contributed by atoms with Crippen molar-refractivity contribution in [2.75, 3.05) is 25.5 Å². The van der Waals surface area contributed by atoms with Gasteiger partial charge in [-0.2, -0.15) is 13.4 Å². The summed E-state index contributed by atoms with van der Waals surface area (Å²) in [5.41, 5.74) is 1.20. The molecule has 0 fully saturated rings. The normalized spacial score (nSPS) is 11.1. The van der Waals surface area contributed by atoms with E-state index in [9.17, 15) is 13.2 Å². The van der Waals surface area contributed by atoms with Gasteiger partial charge in [0.05, 0.1) is 20.8 Å². The number of carbonyl (C=O) groups is 1. The fraction of sp³-hybridized carbons (Fsp3) is 0.250. The minimum absolute atomic E-state index is 0.0103. The van der Waals surface area contributed by atoms with Gasteiger partial charge < -0.3 is 23.7 Å². The van der Waals surface area contributed by atoms with Crippen molar-refractivity contribution < 1.29 is 36.9 Å². The molecule has 0 bridgehead atoms. The predicted molar refractivity (Wildman–Crippen MR) is 152 cm³/mol. The molecule has 220 valence electrons. The highest BCUT2D eigenvalue weighted by Gasteiger charge is 2.26. The summed E-state index contributed by atoms with van der Waals surface area (Å²) >= 11 is 0. The molecule has 0 spiro atoms. The molecule has 13 nitrogen and oxygen atoms in total. The smallest absolute Gasteiger partial charge is 0.493 e. The molecule has 1 aromatic carbocycles. The van der Waals surface area contributed by atoms with E-state index in [1.807, 2.05) is 13.8 Å². The first-order valence-electron chi connectivity index (χ1n) is 12.7. The lowest BCUT2D eigenvalue weighted by Gasteiger charge is -2.17. The van der Waals surface area contributed by atoms with Crippen LogP contribution >= 0.6 is 0 Å². The molecule has 4 aromatic rings. The lowest BCUT2D eigenvalue weighted by molar-refractivity contribution is 0.102. The maximum atomic E-state index is 13.5. The molecule has 0 unspecified atom stereocenters. The minimum atomic E-state index is -4.26. The second kappa shape index (κ2) is 13.1. The molecule has 1 N–H and O–H groups in total. The SMILES string of the molecule is CCOC(=O)Oc1cc(-c2nc(NS(=O)(=O)c3ccc(C(C)C)cn3)c(Oc3ccccc3OC)c(OC)n2)ccn1. The molecule has 0 aliphatic heterocycles. The van der Waals surface area contributed by atoms with Crippen LogP contribution in [0.1, 0.15) is 32.3 Å². The first-order valence-corrected chi connectivity index (χ1v) is 14.2. The van der Waals surface area contributed by atoms with Crippen molar-refractivity contribution in [3.8, 4) is 40.4 Å². The highest BCUT2D eigenvalue weighted by molar-refractivity contribution is 7.92. The number of para-hydroxylation sites is 2. The summed E-state index contributed by atoms with van der Waals surface area (Å²) in [5, 5.41) is -0.233. The Morgan fingerprint density at radius 2 is 1.74 bits per heavy atom. The van der Waals surface area contributed by atoms with E-state index in [1.54, 1.807) is 37.3 Å². The second-order valence-electron chi connectivity index (χ2n) is 8.84. The van der Waals surface area contributed by atoms with Crippen LogP contribution in [0.4, 0.5) is 10.6 Å². The molecule has 0 saturated heterocycles. The van der Waals surface area contributed by atoms with E-state index in [4.69, 9.17) is 23.7 Å². The predicted octanol–water partition coefficient (Wildman–Crippen LogP) is 5.20. The number of aromatic nitrogens is 4. The topological polar surface area (TPSA) is 161 Å². The molecule has 42 heavy (non-hydrogen) atoms. The number of anilines is 1. The number of ether oxygens (including phenoxy) is 5. The highest BCUT2D eigenvalue weighted by Crippen LogP contribution is 2.41. The molecule has 3 aromatic heterocycles. The van der Waals surface area contributed by atoms with E-state index in [0.717, 1.165) is 5.56 Å². The Hall–Kier alpha value is -4.98. The standard InChI is InChI=1S/C28H29N5O8S/c1-6-39-28(34)41-22-15-18(13-14-29-22)25-31-26(33-42(35,36)23-12-11-19(16-30-23)17(2)3)24(27(32-25)38-5)40-21-10-8-7-9-20(21)37-4/h7-17H,6H2,1-5H3,(H,31,32,33). The summed E-state index contributed by atoms with van der Waals surface area (Å²) in [6.07, 6.45) is 1.92. The van der Waals surface area contributed by atoms with Crippen molar-refractivity contribution >= 4 is 22.0 Å². The Morgan fingerprint density at radius 1 is 0.976 bits per heavy atom. The van der Waals surface area contributed by atoms with Gasteiger partial charge >= 0.3 is 6.16 Å². The van der Waals surface area contributed by atoms with E-state index in [1.165, 1.54) is 44.8 Å². The van der Waals surface area contributed by atoms with E-state index >= 15 is 0 Å².